The molecule has 3 N–H and O–H groups in total. The molecule has 0 aliphatic carbocycles. The number of amides is 2. The molecule has 1 aromatic heterocycles. The highest BCUT2D eigenvalue weighted by Gasteiger charge is 2.30. The Kier molecular flexibility index (Phi) is 4.39. The highest BCUT2D eigenvalue weighted by Crippen LogP contribution is 2.32. The van der Waals surface area contributed by atoms with Gasteiger partial charge >= 0.3 is 0 Å². The minimum Gasteiger partial charge on any atom is -0.351 e. The van der Waals surface area contributed by atoms with Crippen LogP contribution in [-0.4, -0.2) is 16.8 Å². The van der Waals surface area contributed by atoms with Gasteiger partial charge in [0.2, 0.25) is 11.8 Å². The summed E-state index contributed by atoms with van der Waals surface area (Å²) in [4.78, 5) is 39.1. The molecule has 6 nitrogen and oxygen atoms in total. The van der Waals surface area contributed by atoms with Gasteiger partial charge in [-0.25, -0.2) is 4.39 Å². The van der Waals surface area contributed by atoms with Gasteiger partial charge in [-0.15, -0.1) is 0 Å². The number of halogens is 1. The van der Waals surface area contributed by atoms with Crippen LogP contribution in [0.25, 0.3) is 0 Å². The molecule has 3 rings (SSSR count). The first kappa shape index (κ1) is 16.9. The Labute approximate surface area is 143 Å². The number of carbonyl (C=O) groups excluding carboxylic acids is 2. The summed E-state index contributed by atoms with van der Waals surface area (Å²) in [5.74, 6) is -1.92. The molecule has 2 heterocycles. The van der Waals surface area contributed by atoms with Crippen molar-refractivity contribution >= 4 is 17.5 Å². The maximum absolute atomic E-state index is 13.4. The van der Waals surface area contributed by atoms with E-state index in [-0.39, 0.29) is 30.3 Å². The van der Waals surface area contributed by atoms with Gasteiger partial charge in [-0.2, -0.15) is 0 Å². The summed E-state index contributed by atoms with van der Waals surface area (Å²) in [7, 11) is 0. The van der Waals surface area contributed by atoms with Crippen LogP contribution in [0.2, 0.25) is 0 Å². The van der Waals surface area contributed by atoms with Gasteiger partial charge in [0, 0.05) is 29.9 Å². The van der Waals surface area contributed by atoms with Crippen molar-refractivity contribution in [2.45, 2.75) is 32.7 Å². The molecule has 25 heavy (non-hydrogen) atoms. The second-order valence-corrected chi connectivity index (χ2v) is 6.20. The number of pyridine rings is 1. The first-order valence-corrected chi connectivity index (χ1v) is 7.91. The zero-order valence-corrected chi connectivity index (χ0v) is 13.9. The van der Waals surface area contributed by atoms with Gasteiger partial charge in [0.1, 0.15) is 5.82 Å². The van der Waals surface area contributed by atoms with E-state index in [0.717, 1.165) is 11.3 Å². The van der Waals surface area contributed by atoms with E-state index in [0.29, 0.717) is 16.8 Å². The van der Waals surface area contributed by atoms with Crippen molar-refractivity contribution in [2.24, 2.45) is 0 Å². The Morgan fingerprint density at radius 3 is 2.76 bits per heavy atom. The fraction of sp³-hybridized carbons (Fsp3) is 0.278. The maximum atomic E-state index is 13.4. The van der Waals surface area contributed by atoms with E-state index in [9.17, 15) is 18.8 Å². The number of benzene rings is 1. The van der Waals surface area contributed by atoms with Crippen LogP contribution in [0.1, 0.15) is 34.7 Å². The van der Waals surface area contributed by atoms with Crippen molar-refractivity contribution in [3.8, 4) is 0 Å². The molecule has 0 bridgehead atoms. The van der Waals surface area contributed by atoms with Crippen molar-refractivity contribution in [3.63, 3.8) is 0 Å². The average molecular weight is 343 g/mol. The lowest BCUT2D eigenvalue weighted by Gasteiger charge is -2.25. The zero-order valence-electron chi connectivity index (χ0n) is 13.9. The highest BCUT2D eigenvalue weighted by atomic mass is 19.1. The lowest BCUT2D eigenvalue weighted by molar-refractivity contribution is -0.126. The van der Waals surface area contributed by atoms with Crippen molar-refractivity contribution in [2.75, 3.05) is 5.32 Å². The molecular formula is C18H18FN3O3. The molecule has 1 aromatic carbocycles. The molecule has 2 aromatic rings. The van der Waals surface area contributed by atoms with E-state index in [1.165, 1.54) is 18.2 Å². The molecule has 0 saturated carbocycles. The normalized spacial score (nSPS) is 16.1. The summed E-state index contributed by atoms with van der Waals surface area (Å²) in [5, 5.41) is 5.28. The smallest absolute Gasteiger partial charge is 0.253 e. The van der Waals surface area contributed by atoms with Crippen LogP contribution < -0.4 is 16.2 Å². The first-order chi connectivity index (χ1) is 11.8. The van der Waals surface area contributed by atoms with Gasteiger partial charge in [0.15, 0.2) is 0 Å². The minimum atomic E-state index is -0.714. The molecule has 2 amide bonds. The topological polar surface area (TPSA) is 91.1 Å². The van der Waals surface area contributed by atoms with Gasteiger partial charge in [0.05, 0.1) is 5.92 Å². The molecule has 0 fully saturated rings. The quantitative estimate of drug-likeness (QED) is 0.795. The fourth-order valence-corrected chi connectivity index (χ4v) is 3.07. The highest BCUT2D eigenvalue weighted by molar-refractivity contribution is 6.01. The number of H-pyrrole nitrogens is 1. The molecular weight excluding hydrogens is 325 g/mol. The summed E-state index contributed by atoms with van der Waals surface area (Å²) in [6.07, 6.45) is -0.0201. The van der Waals surface area contributed by atoms with Gasteiger partial charge in [-0.1, -0.05) is 6.07 Å². The van der Waals surface area contributed by atoms with E-state index in [1.807, 2.05) is 6.07 Å². The van der Waals surface area contributed by atoms with Crippen LogP contribution in [0.5, 0.6) is 0 Å². The molecule has 130 valence electrons. The molecule has 1 atom stereocenters. The van der Waals surface area contributed by atoms with Crippen molar-refractivity contribution in [1.82, 2.24) is 10.3 Å². The van der Waals surface area contributed by atoms with E-state index in [2.05, 4.69) is 15.6 Å². The van der Waals surface area contributed by atoms with Crippen molar-refractivity contribution in [3.05, 3.63) is 62.8 Å². The molecule has 7 heteroatoms. The Hall–Kier alpha value is -2.96. The second-order valence-electron chi connectivity index (χ2n) is 6.20. The number of anilines is 1. The van der Waals surface area contributed by atoms with Crippen LogP contribution in [0.4, 0.5) is 10.1 Å². The van der Waals surface area contributed by atoms with E-state index >= 15 is 0 Å². The number of aromatic amines is 1. The SMILES string of the molecule is Cc1cc(C)c(CNC(=O)[C@H]2CC(=O)Nc3cc(F)ccc32)c(=O)[nH]1. The number of aromatic nitrogens is 1. The lowest BCUT2D eigenvalue weighted by atomic mass is 9.89. The molecule has 0 unspecified atom stereocenters. The summed E-state index contributed by atoms with van der Waals surface area (Å²) in [5.41, 5.74) is 2.62. The predicted octanol–water partition coefficient (Wildman–Crippen LogP) is 1.87. The number of carbonyl (C=O) groups is 2. The Bertz CT molecular complexity index is 920. The van der Waals surface area contributed by atoms with Gasteiger partial charge in [0.25, 0.3) is 5.56 Å². The standard InChI is InChI=1S/C18H18FN3O3/c1-9-5-10(2)21-18(25)14(9)8-20-17(24)13-7-16(23)22-15-6-11(19)3-4-12(13)15/h3-6,13H,7-8H2,1-2H3,(H,20,24)(H,21,25)(H,22,23)/t13-/m0/s1. The van der Waals surface area contributed by atoms with Crippen molar-refractivity contribution < 1.29 is 14.0 Å². The molecule has 0 saturated heterocycles. The third-order valence-electron chi connectivity index (χ3n) is 4.30. The summed E-state index contributed by atoms with van der Waals surface area (Å²) >= 11 is 0. The lowest BCUT2D eigenvalue weighted by Crippen LogP contribution is -2.36. The zero-order chi connectivity index (χ0) is 18.1. The Balaban J connectivity index is 1.81. The van der Waals surface area contributed by atoms with Crippen LogP contribution in [0, 0.1) is 19.7 Å². The molecule has 0 spiro atoms. The first-order valence-electron chi connectivity index (χ1n) is 7.91. The molecule has 1 aliphatic heterocycles. The molecule has 0 radical (unpaired) electrons. The maximum Gasteiger partial charge on any atom is 0.253 e. The van der Waals surface area contributed by atoms with Gasteiger partial charge < -0.3 is 15.6 Å². The van der Waals surface area contributed by atoms with Crippen LogP contribution in [0.15, 0.2) is 29.1 Å². The fourth-order valence-electron chi connectivity index (χ4n) is 3.07. The number of aryl methyl sites for hydroxylation is 2. The molecule has 1 aliphatic rings. The van der Waals surface area contributed by atoms with Gasteiger partial charge in [-0.05, 0) is 43.2 Å². The largest absolute Gasteiger partial charge is 0.351 e. The summed E-state index contributed by atoms with van der Waals surface area (Å²) < 4.78 is 13.4. The number of nitrogens with one attached hydrogen (secondary N) is 3. The van der Waals surface area contributed by atoms with Crippen LogP contribution in [-0.2, 0) is 16.1 Å². The summed E-state index contributed by atoms with van der Waals surface area (Å²) in [6, 6.07) is 5.78. The monoisotopic (exact) mass is 343 g/mol. The Morgan fingerprint density at radius 1 is 1.28 bits per heavy atom. The second kappa shape index (κ2) is 6.51. The van der Waals surface area contributed by atoms with Gasteiger partial charge in [-0.3, -0.25) is 14.4 Å². The third kappa shape index (κ3) is 3.45. The van der Waals surface area contributed by atoms with Crippen LogP contribution in [0.3, 0.4) is 0 Å². The predicted molar refractivity (Wildman–Crippen MR) is 90.8 cm³/mol. The van der Waals surface area contributed by atoms with E-state index in [4.69, 9.17) is 0 Å². The average Bonchev–Trinajstić information content (AvgIpc) is 2.52. The third-order valence-corrected chi connectivity index (χ3v) is 4.30. The minimum absolute atomic E-state index is 0.0201. The van der Waals surface area contributed by atoms with Crippen molar-refractivity contribution in [1.29, 1.82) is 0 Å². The summed E-state index contributed by atoms with van der Waals surface area (Å²) in [6.45, 7) is 3.65. The van der Waals surface area contributed by atoms with Crippen LogP contribution >= 0.6 is 0 Å². The number of fused-ring (bicyclic) bond motifs is 1. The Morgan fingerprint density at radius 2 is 2.04 bits per heavy atom. The van der Waals surface area contributed by atoms with E-state index in [1.54, 1.807) is 13.8 Å². The number of hydrogen-bond donors (Lipinski definition) is 3. The number of rotatable bonds is 3. The number of hydrogen-bond acceptors (Lipinski definition) is 3. The van der Waals surface area contributed by atoms with E-state index < -0.39 is 11.7 Å².